The van der Waals surface area contributed by atoms with Gasteiger partial charge in [-0.3, -0.25) is 0 Å². The van der Waals surface area contributed by atoms with Gasteiger partial charge in [0.25, 0.3) is 0 Å². The van der Waals surface area contributed by atoms with Crippen LogP contribution in [0.1, 0.15) is 11.1 Å². The Morgan fingerprint density at radius 3 is 2.65 bits per heavy atom. The summed E-state index contributed by atoms with van der Waals surface area (Å²) >= 11 is 1.59. The average molecular weight is 473 g/mol. The van der Waals surface area contributed by atoms with Crippen molar-refractivity contribution in [2.24, 2.45) is 5.10 Å². The van der Waals surface area contributed by atoms with Crippen molar-refractivity contribution >= 4 is 17.5 Å². The van der Waals surface area contributed by atoms with Gasteiger partial charge in [-0.2, -0.15) is 9.78 Å². The van der Waals surface area contributed by atoms with Crippen molar-refractivity contribution in [3.8, 4) is 34.4 Å². The predicted molar refractivity (Wildman–Crippen MR) is 128 cm³/mol. The van der Waals surface area contributed by atoms with E-state index >= 15 is 0 Å². The van der Waals surface area contributed by atoms with E-state index in [2.05, 4.69) is 10.2 Å². The first-order chi connectivity index (χ1) is 16.8. The summed E-state index contributed by atoms with van der Waals surface area (Å²) in [6.07, 6.45) is 0. The van der Waals surface area contributed by atoms with Crippen LogP contribution in [-0.2, 0) is 6.61 Å². The molecule has 8 nitrogen and oxygen atoms in total. The molecular formula is C25H20N4O4S. The highest BCUT2D eigenvalue weighted by Crippen LogP contribution is 2.37. The van der Waals surface area contributed by atoms with Gasteiger partial charge in [0.15, 0.2) is 28.8 Å². The normalized spacial score (nSPS) is 13.9. The second kappa shape index (κ2) is 8.75. The van der Waals surface area contributed by atoms with Gasteiger partial charge in [0.2, 0.25) is 11.9 Å². The number of methoxy groups -OCH3 is 1. The molecule has 0 spiro atoms. The maximum absolute atomic E-state index is 6.09. The zero-order valence-corrected chi connectivity index (χ0v) is 19.1. The highest BCUT2D eigenvalue weighted by molar-refractivity contribution is 7.99. The zero-order valence-electron chi connectivity index (χ0n) is 18.3. The molecule has 0 aliphatic carbocycles. The van der Waals surface area contributed by atoms with Crippen molar-refractivity contribution in [2.75, 3.05) is 19.7 Å². The number of rotatable bonds is 6. The van der Waals surface area contributed by atoms with Gasteiger partial charge in [-0.15, -0.1) is 10.2 Å². The summed E-state index contributed by atoms with van der Waals surface area (Å²) in [6, 6.07) is 21.6. The minimum Gasteiger partial charge on any atom is -0.493 e. The van der Waals surface area contributed by atoms with E-state index in [-0.39, 0.29) is 6.79 Å². The molecule has 6 rings (SSSR count). The Morgan fingerprint density at radius 2 is 1.76 bits per heavy atom. The lowest BCUT2D eigenvalue weighted by Gasteiger charge is -2.16. The molecular weight excluding hydrogens is 452 g/mol. The van der Waals surface area contributed by atoms with Crippen molar-refractivity contribution in [3.05, 3.63) is 77.9 Å². The lowest BCUT2D eigenvalue weighted by atomic mass is 10.1. The first-order valence-electron chi connectivity index (χ1n) is 10.7. The second-order valence-electron chi connectivity index (χ2n) is 7.66. The first-order valence-corrected chi connectivity index (χ1v) is 11.7. The van der Waals surface area contributed by atoms with Crippen LogP contribution in [0.4, 0.5) is 0 Å². The maximum Gasteiger partial charge on any atom is 0.231 e. The third-order valence-electron chi connectivity index (χ3n) is 5.54. The highest BCUT2D eigenvalue weighted by Gasteiger charge is 2.23. The molecule has 3 heterocycles. The third-order valence-corrected chi connectivity index (χ3v) is 6.47. The van der Waals surface area contributed by atoms with E-state index in [1.165, 1.54) is 0 Å². The number of hydrogen-bond acceptors (Lipinski definition) is 8. The van der Waals surface area contributed by atoms with Gasteiger partial charge in [0, 0.05) is 16.9 Å². The summed E-state index contributed by atoms with van der Waals surface area (Å²) in [5.74, 6) is 4.08. The molecule has 0 fully saturated rings. The highest BCUT2D eigenvalue weighted by atomic mass is 32.2. The zero-order chi connectivity index (χ0) is 22.9. The van der Waals surface area contributed by atoms with Gasteiger partial charge in [-0.05, 0) is 42.0 Å². The first kappa shape index (κ1) is 20.6. The van der Waals surface area contributed by atoms with Crippen molar-refractivity contribution in [1.29, 1.82) is 0 Å². The molecule has 3 aromatic carbocycles. The van der Waals surface area contributed by atoms with Gasteiger partial charge >= 0.3 is 0 Å². The summed E-state index contributed by atoms with van der Waals surface area (Å²) in [4.78, 5) is 0. The third kappa shape index (κ3) is 3.84. The van der Waals surface area contributed by atoms with Crippen LogP contribution in [0.2, 0.25) is 0 Å². The molecule has 0 saturated carbocycles. The fourth-order valence-electron chi connectivity index (χ4n) is 3.79. The number of thioether (sulfide) groups is 1. The minimum atomic E-state index is 0.223. The SMILES string of the molecule is COc1ccc(C2=Nn3c(nnc3-c3ccc4c(c3)OCO4)SC2)cc1OCc1ccccc1. The van der Waals surface area contributed by atoms with E-state index in [0.29, 0.717) is 35.4 Å². The monoisotopic (exact) mass is 472 g/mol. The fourth-order valence-corrected chi connectivity index (χ4v) is 4.63. The number of ether oxygens (including phenoxy) is 4. The molecule has 2 aliphatic heterocycles. The number of fused-ring (bicyclic) bond motifs is 2. The van der Waals surface area contributed by atoms with Crippen LogP contribution < -0.4 is 18.9 Å². The van der Waals surface area contributed by atoms with Crippen LogP contribution in [0.3, 0.4) is 0 Å². The van der Waals surface area contributed by atoms with E-state index in [1.54, 1.807) is 23.5 Å². The summed E-state index contributed by atoms with van der Waals surface area (Å²) in [6.45, 7) is 0.673. The molecule has 0 N–H and O–H groups in total. The summed E-state index contributed by atoms with van der Waals surface area (Å²) in [5.41, 5.74) is 3.79. The Kier molecular flexibility index (Phi) is 5.31. The molecule has 2 aliphatic rings. The number of nitrogens with zero attached hydrogens (tertiary/aromatic N) is 4. The van der Waals surface area contributed by atoms with Gasteiger partial charge in [-0.1, -0.05) is 42.1 Å². The van der Waals surface area contributed by atoms with Crippen LogP contribution >= 0.6 is 11.8 Å². The molecule has 0 atom stereocenters. The van der Waals surface area contributed by atoms with Crippen LogP contribution in [0, 0.1) is 0 Å². The molecule has 9 heteroatoms. The van der Waals surface area contributed by atoms with Crippen LogP contribution in [0.25, 0.3) is 11.4 Å². The molecule has 1 aromatic heterocycles. The number of benzene rings is 3. The van der Waals surface area contributed by atoms with E-state index in [1.807, 2.05) is 66.7 Å². The van der Waals surface area contributed by atoms with Gasteiger partial charge in [-0.25, -0.2) is 0 Å². The van der Waals surface area contributed by atoms with Crippen LogP contribution in [-0.4, -0.2) is 40.2 Å². The Labute approximate surface area is 200 Å². The molecule has 0 unspecified atom stereocenters. The minimum absolute atomic E-state index is 0.223. The smallest absolute Gasteiger partial charge is 0.231 e. The standard InChI is InChI=1S/C25H20N4O4S/c1-30-20-9-7-17(11-22(20)31-13-16-5-3-2-4-6-16)19-14-34-25-27-26-24(29(25)28-19)18-8-10-21-23(12-18)33-15-32-21/h2-12H,13-15H2,1H3. The Morgan fingerprint density at radius 1 is 0.912 bits per heavy atom. The lowest BCUT2D eigenvalue weighted by Crippen LogP contribution is -2.14. The summed E-state index contributed by atoms with van der Waals surface area (Å²) in [7, 11) is 1.64. The molecule has 0 bridgehead atoms. The maximum atomic E-state index is 6.09. The molecule has 170 valence electrons. The number of aromatic nitrogens is 3. The molecule has 4 aromatic rings. The molecule has 0 radical (unpaired) electrons. The predicted octanol–water partition coefficient (Wildman–Crippen LogP) is 4.62. The summed E-state index contributed by atoms with van der Waals surface area (Å²) in [5, 5.41) is 14.3. The number of hydrogen-bond donors (Lipinski definition) is 0. The molecule has 0 amide bonds. The lowest BCUT2D eigenvalue weighted by molar-refractivity contribution is 0.174. The second-order valence-corrected chi connectivity index (χ2v) is 8.60. The largest absolute Gasteiger partial charge is 0.493 e. The summed E-state index contributed by atoms with van der Waals surface area (Å²) < 4.78 is 24.3. The average Bonchev–Trinajstić information content (AvgIpc) is 3.54. The van der Waals surface area contributed by atoms with Crippen molar-refractivity contribution in [3.63, 3.8) is 0 Å². The van der Waals surface area contributed by atoms with Crippen molar-refractivity contribution in [1.82, 2.24) is 14.9 Å². The van der Waals surface area contributed by atoms with E-state index < -0.39 is 0 Å². The van der Waals surface area contributed by atoms with Gasteiger partial charge in [0.05, 0.1) is 12.8 Å². The quantitative estimate of drug-likeness (QED) is 0.405. The van der Waals surface area contributed by atoms with E-state index in [9.17, 15) is 0 Å². The van der Waals surface area contributed by atoms with E-state index in [4.69, 9.17) is 24.0 Å². The van der Waals surface area contributed by atoms with Gasteiger partial charge < -0.3 is 18.9 Å². The topological polar surface area (TPSA) is 80.0 Å². The Bertz CT molecular complexity index is 1390. The van der Waals surface area contributed by atoms with Crippen molar-refractivity contribution in [2.45, 2.75) is 11.8 Å². The molecule has 34 heavy (non-hydrogen) atoms. The van der Waals surface area contributed by atoms with Crippen LogP contribution in [0.5, 0.6) is 23.0 Å². The van der Waals surface area contributed by atoms with E-state index in [0.717, 1.165) is 33.3 Å². The van der Waals surface area contributed by atoms with Crippen LogP contribution in [0.15, 0.2) is 77.0 Å². The van der Waals surface area contributed by atoms with Crippen molar-refractivity contribution < 1.29 is 18.9 Å². The van der Waals surface area contributed by atoms with Gasteiger partial charge in [0.1, 0.15) is 6.61 Å². The Hall–Kier alpha value is -3.98. The molecule has 0 saturated heterocycles. The fraction of sp³-hybridized carbons (Fsp3) is 0.160. The Balaban J connectivity index is 1.32.